The predicted molar refractivity (Wildman–Crippen MR) is 66.2 cm³/mol. The lowest BCUT2D eigenvalue weighted by Gasteiger charge is -2.30. The maximum absolute atomic E-state index is 12.1. The summed E-state index contributed by atoms with van der Waals surface area (Å²) in [6, 6.07) is 3.62. The van der Waals surface area contributed by atoms with Crippen molar-refractivity contribution < 1.29 is 4.79 Å². The number of pyridine rings is 1. The van der Waals surface area contributed by atoms with Crippen LogP contribution in [0.2, 0.25) is 0 Å². The van der Waals surface area contributed by atoms with E-state index in [9.17, 15) is 4.79 Å². The molecule has 16 heavy (non-hydrogen) atoms. The SMILES string of the molecule is CC1CCN(C(=O)c2ccc(Br)nc2)CC1. The van der Waals surface area contributed by atoms with Gasteiger partial charge in [-0.15, -0.1) is 0 Å². The number of hydrogen-bond acceptors (Lipinski definition) is 2. The summed E-state index contributed by atoms with van der Waals surface area (Å²) in [5.41, 5.74) is 0.678. The number of hydrogen-bond donors (Lipinski definition) is 0. The van der Waals surface area contributed by atoms with Crippen LogP contribution in [0.4, 0.5) is 0 Å². The minimum atomic E-state index is 0.104. The fourth-order valence-electron chi connectivity index (χ4n) is 1.90. The van der Waals surface area contributed by atoms with E-state index in [0.717, 1.165) is 36.5 Å². The normalized spacial score (nSPS) is 17.5. The summed E-state index contributed by atoms with van der Waals surface area (Å²) >= 11 is 3.26. The van der Waals surface area contributed by atoms with Gasteiger partial charge in [-0.3, -0.25) is 4.79 Å². The number of piperidine rings is 1. The number of carbonyl (C=O) groups excluding carboxylic acids is 1. The smallest absolute Gasteiger partial charge is 0.255 e. The van der Waals surface area contributed by atoms with E-state index in [-0.39, 0.29) is 5.91 Å². The number of halogens is 1. The van der Waals surface area contributed by atoms with Crippen LogP contribution in [0, 0.1) is 5.92 Å². The van der Waals surface area contributed by atoms with Gasteiger partial charge < -0.3 is 4.90 Å². The van der Waals surface area contributed by atoms with E-state index in [0.29, 0.717) is 5.56 Å². The van der Waals surface area contributed by atoms with Gasteiger partial charge in [0.1, 0.15) is 4.60 Å². The van der Waals surface area contributed by atoms with Crippen LogP contribution in [0.3, 0.4) is 0 Å². The van der Waals surface area contributed by atoms with Gasteiger partial charge in [0.15, 0.2) is 0 Å². The zero-order chi connectivity index (χ0) is 11.5. The van der Waals surface area contributed by atoms with Crippen molar-refractivity contribution in [2.75, 3.05) is 13.1 Å². The minimum absolute atomic E-state index is 0.104. The van der Waals surface area contributed by atoms with Crippen LogP contribution in [-0.4, -0.2) is 28.9 Å². The van der Waals surface area contributed by atoms with Crippen molar-refractivity contribution in [3.63, 3.8) is 0 Å². The van der Waals surface area contributed by atoms with Crippen LogP contribution in [-0.2, 0) is 0 Å². The van der Waals surface area contributed by atoms with Crippen molar-refractivity contribution in [1.82, 2.24) is 9.88 Å². The van der Waals surface area contributed by atoms with Crippen LogP contribution in [0.5, 0.6) is 0 Å². The van der Waals surface area contributed by atoms with Gasteiger partial charge in [0.25, 0.3) is 5.91 Å². The monoisotopic (exact) mass is 282 g/mol. The number of rotatable bonds is 1. The highest BCUT2D eigenvalue weighted by atomic mass is 79.9. The zero-order valence-electron chi connectivity index (χ0n) is 9.32. The maximum Gasteiger partial charge on any atom is 0.255 e. The summed E-state index contributed by atoms with van der Waals surface area (Å²) < 4.78 is 0.760. The van der Waals surface area contributed by atoms with Crippen molar-refractivity contribution >= 4 is 21.8 Å². The van der Waals surface area contributed by atoms with Crippen molar-refractivity contribution in [3.8, 4) is 0 Å². The fraction of sp³-hybridized carbons (Fsp3) is 0.500. The third kappa shape index (κ3) is 2.61. The Kier molecular flexibility index (Phi) is 3.59. The molecule has 0 bridgehead atoms. The quantitative estimate of drug-likeness (QED) is 0.742. The molecule has 2 rings (SSSR count). The van der Waals surface area contributed by atoms with Crippen molar-refractivity contribution in [2.45, 2.75) is 19.8 Å². The average Bonchev–Trinajstić information content (AvgIpc) is 2.30. The van der Waals surface area contributed by atoms with Crippen LogP contribution < -0.4 is 0 Å². The Balaban J connectivity index is 2.05. The third-order valence-corrected chi connectivity index (χ3v) is 3.51. The number of nitrogens with zero attached hydrogens (tertiary/aromatic N) is 2. The lowest BCUT2D eigenvalue weighted by atomic mass is 9.99. The third-order valence-electron chi connectivity index (χ3n) is 3.05. The molecular weight excluding hydrogens is 268 g/mol. The highest BCUT2D eigenvalue weighted by molar-refractivity contribution is 9.10. The van der Waals surface area contributed by atoms with Gasteiger partial charge in [-0.1, -0.05) is 6.92 Å². The van der Waals surface area contributed by atoms with E-state index in [4.69, 9.17) is 0 Å². The van der Waals surface area contributed by atoms with E-state index >= 15 is 0 Å². The largest absolute Gasteiger partial charge is 0.339 e. The highest BCUT2D eigenvalue weighted by Gasteiger charge is 2.21. The molecule has 0 saturated carbocycles. The number of aromatic nitrogens is 1. The van der Waals surface area contributed by atoms with Gasteiger partial charge in [-0.25, -0.2) is 4.98 Å². The molecule has 1 aromatic rings. The van der Waals surface area contributed by atoms with E-state index in [1.54, 1.807) is 12.3 Å². The molecule has 1 fully saturated rings. The predicted octanol–water partition coefficient (Wildman–Crippen LogP) is 2.72. The van der Waals surface area contributed by atoms with Crippen LogP contribution in [0.25, 0.3) is 0 Å². The first kappa shape index (κ1) is 11.6. The Bertz CT molecular complexity index is 369. The molecule has 4 heteroatoms. The summed E-state index contributed by atoms with van der Waals surface area (Å²) in [5, 5.41) is 0. The van der Waals surface area contributed by atoms with Gasteiger partial charge in [0.2, 0.25) is 0 Å². The summed E-state index contributed by atoms with van der Waals surface area (Å²) in [6.07, 6.45) is 3.84. The summed E-state index contributed by atoms with van der Waals surface area (Å²) in [4.78, 5) is 18.1. The molecule has 0 radical (unpaired) electrons. The number of likely N-dealkylation sites (tertiary alicyclic amines) is 1. The number of amides is 1. The first-order chi connectivity index (χ1) is 7.66. The van der Waals surface area contributed by atoms with Crippen molar-refractivity contribution in [1.29, 1.82) is 0 Å². The van der Waals surface area contributed by atoms with Crippen LogP contribution >= 0.6 is 15.9 Å². The van der Waals surface area contributed by atoms with Gasteiger partial charge in [-0.05, 0) is 46.8 Å². The molecule has 2 heterocycles. The molecule has 0 unspecified atom stereocenters. The maximum atomic E-state index is 12.1. The fourth-order valence-corrected chi connectivity index (χ4v) is 2.13. The Hall–Kier alpha value is -0.900. The minimum Gasteiger partial charge on any atom is -0.339 e. The lowest BCUT2D eigenvalue weighted by molar-refractivity contribution is 0.0697. The molecule has 3 nitrogen and oxygen atoms in total. The van der Waals surface area contributed by atoms with E-state index < -0.39 is 0 Å². The topological polar surface area (TPSA) is 33.2 Å². The molecule has 0 atom stereocenters. The van der Waals surface area contributed by atoms with Gasteiger partial charge in [-0.2, -0.15) is 0 Å². The molecule has 0 aliphatic carbocycles. The molecular formula is C12H15BrN2O. The zero-order valence-corrected chi connectivity index (χ0v) is 10.9. The van der Waals surface area contributed by atoms with Crippen LogP contribution in [0.15, 0.2) is 22.9 Å². The Morgan fingerprint density at radius 1 is 1.44 bits per heavy atom. The summed E-state index contributed by atoms with van der Waals surface area (Å²) in [5.74, 6) is 0.846. The Labute approximate surface area is 104 Å². The molecule has 0 N–H and O–H groups in total. The van der Waals surface area contributed by atoms with E-state index in [1.165, 1.54) is 0 Å². The van der Waals surface area contributed by atoms with E-state index in [2.05, 4.69) is 27.8 Å². The molecule has 1 aliphatic rings. The average molecular weight is 283 g/mol. The van der Waals surface area contributed by atoms with E-state index in [1.807, 2.05) is 11.0 Å². The first-order valence-corrected chi connectivity index (χ1v) is 6.37. The van der Waals surface area contributed by atoms with Gasteiger partial charge in [0.05, 0.1) is 5.56 Å². The van der Waals surface area contributed by atoms with Gasteiger partial charge >= 0.3 is 0 Å². The van der Waals surface area contributed by atoms with Crippen LogP contribution in [0.1, 0.15) is 30.1 Å². The second-order valence-corrected chi connectivity index (χ2v) is 5.16. The van der Waals surface area contributed by atoms with Crippen molar-refractivity contribution in [2.24, 2.45) is 5.92 Å². The molecule has 1 saturated heterocycles. The number of carbonyl (C=O) groups is 1. The summed E-state index contributed by atoms with van der Waals surface area (Å²) in [6.45, 7) is 3.98. The second kappa shape index (κ2) is 4.95. The van der Waals surface area contributed by atoms with Gasteiger partial charge in [0, 0.05) is 19.3 Å². The molecule has 1 amide bonds. The summed E-state index contributed by atoms with van der Waals surface area (Å²) in [7, 11) is 0. The Morgan fingerprint density at radius 2 is 2.12 bits per heavy atom. The molecule has 86 valence electrons. The first-order valence-electron chi connectivity index (χ1n) is 5.57. The molecule has 0 spiro atoms. The molecule has 1 aromatic heterocycles. The standard InChI is InChI=1S/C12H15BrN2O/c1-9-4-6-15(7-5-9)12(16)10-2-3-11(13)14-8-10/h2-3,8-9H,4-7H2,1H3. The van der Waals surface area contributed by atoms with Crippen molar-refractivity contribution in [3.05, 3.63) is 28.5 Å². The second-order valence-electron chi connectivity index (χ2n) is 4.34. The Morgan fingerprint density at radius 3 is 2.69 bits per heavy atom. The molecule has 0 aromatic carbocycles. The molecule has 1 aliphatic heterocycles. The highest BCUT2D eigenvalue weighted by Crippen LogP contribution is 2.18. The lowest BCUT2D eigenvalue weighted by Crippen LogP contribution is -2.37.